The molecule has 1 N–H and O–H groups in total. The Balaban J connectivity index is 1.97. The maximum atomic E-state index is 11.0. The van der Waals surface area contributed by atoms with Crippen molar-refractivity contribution in [3.05, 3.63) is 12.1 Å². The smallest absolute Gasteiger partial charge is 0.412 e. The summed E-state index contributed by atoms with van der Waals surface area (Å²) in [6, 6.07) is 3.57. The fourth-order valence-corrected chi connectivity index (χ4v) is 1.75. The lowest BCUT2D eigenvalue weighted by Crippen LogP contribution is -2.44. The molecule has 0 bridgehead atoms. The summed E-state index contributed by atoms with van der Waals surface area (Å²) >= 11 is 0. The summed E-state index contributed by atoms with van der Waals surface area (Å²) in [5.41, 5.74) is 0. The summed E-state index contributed by atoms with van der Waals surface area (Å²) < 4.78 is 4.48. The van der Waals surface area contributed by atoms with Gasteiger partial charge in [-0.1, -0.05) is 0 Å². The van der Waals surface area contributed by atoms with Gasteiger partial charge < -0.3 is 14.5 Å². The number of hydrogen-bond donors (Lipinski definition) is 1. The molecular weight excluding hydrogens is 234 g/mol. The molecule has 0 spiro atoms. The zero-order chi connectivity index (χ0) is 13.0. The highest BCUT2D eigenvalue weighted by atomic mass is 16.5. The Morgan fingerprint density at radius 1 is 1.28 bits per heavy atom. The molecule has 1 saturated heterocycles. The summed E-state index contributed by atoms with van der Waals surface area (Å²) in [5.74, 6) is 1.22. The number of hydrogen-bond acceptors (Lipinski definition) is 6. The third-order valence-electron chi connectivity index (χ3n) is 2.89. The van der Waals surface area contributed by atoms with Crippen LogP contribution in [0.3, 0.4) is 0 Å². The molecule has 2 heterocycles. The van der Waals surface area contributed by atoms with Crippen LogP contribution in [-0.2, 0) is 4.74 Å². The van der Waals surface area contributed by atoms with Gasteiger partial charge in [-0.2, -0.15) is 0 Å². The van der Waals surface area contributed by atoms with Gasteiger partial charge >= 0.3 is 6.09 Å². The molecule has 1 aromatic heterocycles. The van der Waals surface area contributed by atoms with E-state index in [2.05, 4.69) is 37.1 Å². The standard InChI is InChI=1S/C11H17N5O2/c1-15-5-7-16(8-6-15)10-4-3-9(13-14-10)12-11(17)18-2/h3-4H,5-8H2,1-2H3,(H,12,13,17). The van der Waals surface area contributed by atoms with Crippen LogP contribution in [0, 0.1) is 0 Å². The lowest BCUT2D eigenvalue weighted by molar-refractivity contribution is 0.187. The minimum atomic E-state index is -0.545. The minimum Gasteiger partial charge on any atom is -0.453 e. The molecule has 1 amide bonds. The Hall–Kier alpha value is -1.89. The number of likely N-dealkylation sites (N-methyl/N-ethyl adjacent to an activating group) is 1. The van der Waals surface area contributed by atoms with E-state index in [0.29, 0.717) is 5.82 Å². The van der Waals surface area contributed by atoms with Crippen molar-refractivity contribution in [2.75, 3.05) is 50.6 Å². The normalized spacial score (nSPS) is 16.4. The lowest BCUT2D eigenvalue weighted by Gasteiger charge is -2.32. The van der Waals surface area contributed by atoms with Crippen LogP contribution >= 0.6 is 0 Å². The van der Waals surface area contributed by atoms with Gasteiger partial charge in [-0.15, -0.1) is 10.2 Å². The van der Waals surface area contributed by atoms with E-state index in [9.17, 15) is 4.79 Å². The van der Waals surface area contributed by atoms with E-state index in [0.717, 1.165) is 32.0 Å². The third-order valence-corrected chi connectivity index (χ3v) is 2.89. The first-order chi connectivity index (χ1) is 8.69. The number of aromatic nitrogens is 2. The second-order valence-corrected chi connectivity index (χ2v) is 4.18. The number of nitrogens with zero attached hydrogens (tertiary/aromatic N) is 4. The highest BCUT2D eigenvalue weighted by Gasteiger charge is 2.15. The first-order valence-electron chi connectivity index (χ1n) is 5.81. The van der Waals surface area contributed by atoms with Crippen molar-refractivity contribution in [2.24, 2.45) is 0 Å². The van der Waals surface area contributed by atoms with Gasteiger partial charge in [0.1, 0.15) is 0 Å². The van der Waals surface area contributed by atoms with Crippen LogP contribution in [-0.4, -0.2) is 61.5 Å². The van der Waals surface area contributed by atoms with E-state index in [-0.39, 0.29) is 0 Å². The van der Waals surface area contributed by atoms with Crippen LogP contribution in [0.5, 0.6) is 0 Å². The monoisotopic (exact) mass is 251 g/mol. The second kappa shape index (κ2) is 5.63. The van der Waals surface area contributed by atoms with E-state index in [1.165, 1.54) is 7.11 Å². The summed E-state index contributed by atoms with van der Waals surface area (Å²) in [4.78, 5) is 15.4. The molecule has 0 radical (unpaired) electrons. The van der Waals surface area contributed by atoms with Gasteiger partial charge in [0.05, 0.1) is 7.11 Å². The number of piperazine rings is 1. The van der Waals surface area contributed by atoms with E-state index >= 15 is 0 Å². The predicted octanol–water partition coefficient (Wildman–Crippen LogP) is 0.407. The predicted molar refractivity (Wildman–Crippen MR) is 67.8 cm³/mol. The van der Waals surface area contributed by atoms with Crippen molar-refractivity contribution in [3.8, 4) is 0 Å². The number of rotatable bonds is 2. The number of nitrogens with one attached hydrogen (secondary N) is 1. The molecule has 1 fully saturated rings. The Bertz CT molecular complexity index is 400. The molecule has 1 aliphatic heterocycles. The molecule has 1 aromatic rings. The number of carbonyl (C=O) groups excluding carboxylic acids is 1. The topological polar surface area (TPSA) is 70.6 Å². The van der Waals surface area contributed by atoms with Crippen LogP contribution in [0.2, 0.25) is 0 Å². The second-order valence-electron chi connectivity index (χ2n) is 4.18. The summed E-state index contributed by atoms with van der Waals surface area (Å²) in [7, 11) is 3.41. The quantitative estimate of drug-likeness (QED) is 0.820. The van der Waals surface area contributed by atoms with Crippen LogP contribution in [0.4, 0.5) is 16.4 Å². The van der Waals surface area contributed by atoms with Gasteiger partial charge in [0.25, 0.3) is 0 Å². The number of amides is 1. The van der Waals surface area contributed by atoms with E-state index < -0.39 is 6.09 Å². The van der Waals surface area contributed by atoms with Crippen LogP contribution in [0.1, 0.15) is 0 Å². The van der Waals surface area contributed by atoms with Crippen LogP contribution in [0.25, 0.3) is 0 Å². The molecule has 98 valence electrons. The summed E-state index contributed by atoms with van der Waals surface area (Å²) in [5, 5.41) is 10.5. The Labute approximate surface area is 106 Å². The number of carbonyl (C=O) groups is 1. The molecule has 0 saturated carbocycles. The van der Waals surface area contributed by atoms with Gasteiger partial charge in [-0.05, 0) is 19.2 Å². The molecular formula is C11H17N5O2. The van der Waals surface area contributed by atoms with Gasteiger partial charge in [-0.3, -0.25) is 5.32 Å². The van der Waals surface area contributed by atoms with Crippen molar-refractivity contribution in [1.82, 2.24) is 15.1 Å². The van der Waals surface area contributed by atoms with Crippen molar-refractivity contribution in [1.29, 1.82) is 0 Å². The average molecular weight is 251 g/mol. The maximum Gasteiger partial charge on any atom is 0.412 e. The zero-order valence-electron chi connectivity index (χ0n) is 10.6. The summed E-state index contributed by atoms with van der Waals surface area (Å²) in [6.45, 7) is 3.91. The van der Waals surface area contributed by atoms with E-state index in [1.54, 1.807) is 6.07 Å². The number of anilines is 2. The Morgan fingerprint density at radius 3 is 2.56 bits per heavy atom. The molecule has 7 nitrogen and oxygen atoms in total. The Kier molecular flexibility index (Phi) is 3.93. The van der Waals surface area contributed by atoms with Crippen molar-refractivity contribution < 1.29 is 9.53 Å². The van der Waals surface area contributed by atoms with Gasteiger partial charge in [0.2, 0.25) is 0 Å². The van der Waals surface area contributed by atoms with Gasteiger partial charge in [-0.25, -0.2) is 4.79 Å². The average Bonchev–Trinajstić information content (AvgIpc) is 2.40. The maximum absolute atomic E-state index is 11.0. The molecule has 0 aliphatic carbocycles. The SMILES string of the molecule is COC(=O)Nc1ccc(N2CCN(C)CC2)nn1. The molecule has 0 atom stereocenters. The van der Waals surface area contributed by atoms with Crippen molar-refractivity contribution in [2.45, 2.75) is 0 Å². The van der Waals surface area contributed by atoms with Crippen molar-refractivity contribution >= 4 is 17.7 Å². The Morgan fingerprint density at radius 2 is 2.00 bits per heavy atom. The largest absolute Gasteiger partial charge is 0.453 e. The van der Waals surface area contributed by atoms with E-state index in [1.807, 2.05) is 6.07 Å². The third kappa shape index (κ3) is 3.07. The number of ether oxygens (including phenoxy) is 1. The van der Waals surface area contributed by atoms with Gasteiger partial charge in [0, 0.05) is 26.2 Å². The van der Waals surface area contributed by atoms with Crippen LogP contribution in [0.15, 0.2) is 12.1 Å². The fourth-order valence-electron chi connectivity index (χ4n) is 1.75. The first-order valence-corrected chi connectivity index (χ1v) is 5.81. The first kappa shape index (κ1) is 12.6. The molecule has 7 heteroatoms. The van der Waals surface area contributed by atoms with Crippen LogP contribution < -0.4 is 10.2 Å². The highest BCUT2D eigenvalue weighted by Crippen LogP contribution is 2.13. The fraction of sp³-hybridized carbons (Fsp3) is 0.545. The minimum absolute atomic E-state index is 0.389. The van der Waals surface area contributed by atoms with Gasteiger partial charge in [0.15, 0.2) is 11.6 Å². The van der Waals surface area contributed by atoms with E-state index in [4.69, 9.17) is 0 Å². The lowest BCUT2D eigenvalue weighted by atomic mass is 10.3. The summed E-state index contributed by atoms with van der Waals surface area (Å²) in [6.07, 6.45) is -0.545. The molecule has 0 aromatic carbocycles. The highest BCUT2D eigenvalue weighted by molar-refractivity contribution is 5.83. The molecule has 1 aliphatic rings. The molecule has 18 heavy (non-hydrogen) atoms. The number of methoxy groups -OCH3 is 1. The zero-order valence-corrected chi connectivity index (χ0v) is 10.6. The van der Waals surface area contributed by atoms with Crippen molar-refractivity contribution in [3.63, 3.8) is 0 Å². The molecule has 2 rings (SSSR count). The molecule has 0 unspecified atom stereocenters.